The molecule has 0 saturated carbocycles. The monoisotopic (exact) mass is 314 g/mol. The van der Waals surface area contributed by atoms with Crippen molar-refractivity contribution >= 4 is 23.6 Å². The number of hydrogen-bond acceptors (Lipinski definition) is 3. The highest BCUT2D eigenvalue weighted by Crippen LogP contribution is 2.39. The Hall–Kier alpha value is -1.63. The van der Waals surface area contributed by atoms with Gasteiger partial charge in [0.1, 0.15) is 23.6 Å². The van der Waals surface area contributed by atoms with Crippen molar-refractivity contribution in [2.24, 2.45) is 0 Å². The number of halogens is 2. The van der Waals surface area contributed by atoms with E-state index >= 15 is 0 Å². The van der Waals surface area contributed by atoms with E-state index in [9.17, 15) is 18.4 Å². The highest BCUT2D eigenvalue weighted by molar-refractivity contribution is 8.00. The van der Waals surface area contributed by atoms with Crippen LogP contribution in [0.3, 0.4) is 0 Å². The Balaban J connectivity index is 2.18. The van der Waals surface area contributed by atoms with Crippen LogP contribution in [0.5, 0.6) is 0 Å². The summed E-state index contributed by atoms with van der Waals surface area (Å²) in [5.74, 6) is -1.73. The van der Waals surface area contributed by atoms with E-state index in [4.69, 9.17) is 0 Å². The summed E-state index contributed by atoms with van der Waals surface area (Å²) in [5, 5.41) is 2.09. The molecule has 114 valence electrons. The zero-order valence-corrected chi connectivity index (χ0v) is 12.5. The molecule has 0 bridgehead atoms. The fraction of sp³-hybridized carbons (Fsp3) is 0.429. The Kier molecular flexibility index (Phi) is 4.82. The van der Waals surface area contributed by atoms with Crippen LogP contribution in [0.25, 0.3) is 0 Å². The lowest BCUT2D eigenvalue weighted by molar-refractivity contribution is -0.134. The molecular formula is C14H16F2N2O2S. The molecule has 0 spiro atoms. The molecule has 1 aliphatic rings. The number of carbonyl (C=O) groups is 2. The van der Waals surface area contributed by atoms with Crippen LogP contribution in [-0.4, -0.2) is 35.1 Å². The fourth-order valence-corrected chi connectivity index (χ4v) is 3.32. The van der Waals surface area contributed by atoms with Crippen molar-refractivity contribution in [2.45, 2.75) is 25.3 Å². The number of carbonyl (C=O) groups excluding carboxylic acids is 2. The standard InChI is InChI=1S/C14H16F2N2O2S/c1-8(2)17-12(19)6-18-13(20)7-21-14(18)10-4-3-9(15)5-11(10)16/h3-5,8,14H,6-7H2,1-2H3,(H,17,19)/t14-/m1/s1. The van der Waals surface area contributed by atoms with Gasteiger partial charge in [-0.1, -0.05) is 6.07 Å². The van der Waals surface area contributed by atoms with Crippen LogP contribution < -0.4 is 5.32 Å². The molecule has 1 fully saturated rings. The van der Waals surface area contributed by atoms with E-state index in [0.717, 1.165) is 12.1 Å². The first-order chi connectivity index (χ1) is 9.88. The second-order valence-electron chi connectivity index (χ2n) is 5.07. The van der Waals surface area contributed by atoms with Gasteiger partial charge in [-0.3, -0.25) is 9.59 Å². The van der Waals surface area contributed by atoms with E-state index in [0.29, 0.717) is 0 Å². The van der Waals surface area contributed by atoms with Crippen molar-refractivity contribution < 1.29 is 18.4 Å². The second kappa shape index (κ2) is 6.43. The van der Waals surface area contributed by atoms with Gasteiger partial charge in [0.2, 0.25) is 11.8 Å². The van der Waals surface area contributed by atoms with Gasteiger partial charge in [0.25, 0.3) is 0 Å². The molecule has 1 saturated heterocycles. The maximum absolute atomic E-state index is 13.9. The summed E-state index contributed by atoms with van der Waals surface area (Å²) < 4.78 is 26.8. The molecule has 0 aliphatic carbocycles. The van der Waals surface area contributed by atoms with E-state index in [2.05, 4.69) is 5.32 Å². The molecule has 1 aromatic rings. The zero-order valence-electron chi connectivity index (χ0n) is 11.7. The van der Waals surface area contributed by atoms with Crippen LogP contribution >= 0.6 is 11.8 Å². The number of nitrogens with zero attached hydrogens (tertiary/aromatic N) is 1. The first kappa shape index (κ1) is 15.8. The number of thioether (sulfide) groups is 1. The largest absolute Gasteiger partial charge is 0.352 e. The number of amides is 2. The lowest BCUT2D eigenvalue weighted by Gasteiger charge is -2.24. The van der Waals surface area contributed by atoms with Crippen molar-refractivity contribution in [2.75, 3.05) is 12.3 Å². The summed E-state index contributed by atoms with van der Waals surface area (Å²) in [6, 6.07) is 3.21. The Labute approximate surface area is 125 Å². The molecule has 2 rings (SSSR count). The molecule has 1 aliphatic heterocycles. The van der Waals surface area contributed by atoms with Crippen LogP contribution in [-0.2, 0) is 9.59 Å². The number of rotatable bonds is 4. The number of nitrogens with one attached hydrogen (secondary N) is 1. The van der Waals surface area contributed by atoms with Crippen LogP contribution in [0, 0.1) is 11.6 Å². The topological polar surface area (TPSA) is 49.4 Å². The van der Waals surface area contributed by atoms with Crippen molar-refractivity contribution in [3.63, 3.8) is 0 Å². The van der Waals surface area contributed by atoms with Gasteiger partial charge in [-0.05, 0) is 19.9 Å². The summed E-state index contributed by atoms with van der Waals surface area (Å²) >= 11 is 1.23. The molecule has 4 nitrogen and oxygen atoms in total. The lowest BCUT2D eigenvalue weighted by Crippen LogP contribution is -2.41. The van der Waals surface area contributed by atoms with Gasteiger partial charge < -0.3 is 10.2 Å². The highest BCUT2D eigenvalue weighted by atomic mass is 32.2. The van der Waals surface area contributed by atoms with Crippen molar-refractivity contribution in [1.82, 2.24) is 10.2 Å². The Morgan fingerprint density at radius 1 is 1.48 bits per heavy atom. The third kappa shape index (κ3) is 3.72. The molecule has 1 heterocycles. The normalized spacial score (nSPS) is 18.4. The van der Waals surface area contributed by atoms with E-state index in [1.165, 1.54) is 22.7 Å². The molecule has 0 aromatic heterocycles. The average molecular weight is 314 g/mol. The van der Waals surface area contributed by atoms with Crippen LogP contribution in [0.1, 0.15) is 24.8 Å². The molecule has 0 unspecified atom stereocenters. The summed E-state index contributed by atoms with van der Waals surface area (Å²) in [6.07, 6.45) is 0. The van der Waals surface area contributed by atoms with Crippen LogP contribution in [0.2, 0.25) is 0 Å². The highest BCUT2D eigenvalue weighted by Gasteiger charge is 2.35. The molecule has 1 N–H and O–H groups in total. The van der Waals surface area contributed by atoms with Gasteiger partial charge in [0.05, 0.1) is 5.75 Å². The molecule has 21 heavy (non-hydrogen) atoms. The van der Waals surface area contributed by atoms with Crippen molar-refractivity contribution in [3.8, 4) is 0 Å². The Morgan fingerprint density at radius 3 is 2.81 bits per heavy atom. The predicted molar refractivity (Wildman–Crippen MR) is 76.5 cm³/mol. The SMILES string of the molecule is CC(C)NC(=O)CN1C(=O)CS[C@@H]1c1ccc(F)cc1F. The quantitative estimate of drug-likeness (QED) is 0.925. The lowest BCUT2D eigenvalue weighted by atomic mass is 10.2. The van der Waals surface area contributed by atoms with Crippen molar-refractivity contribution in [1.29, 1.82) is 0 Å². The minimum atomic E-state index is -0.712. The second-order valence-corrected chi connectivity index (χ2v) is 6.14. The van der Waals surface area contributed by atoms with Crippen molar-refractivity contribution in [3.05, 3.63) is 35.4 Å². The van der Waals surface area contributed by atoms with Crippen LogP contribution in [0.15, 0.2) is 18.2 Å². The van der Waals surface area contributed by atoms with E-state index in [-0.39, 0.29) is 35.7 Å². The molecular weight excluding hydrogens is 298 g/mol. The molecule has 2 amide bonds. The maximum atomic E-state index is 13.9. The number of benzene rings is 1. The predicted octanol–water partition coefficient (Wildman–Crippen LogP) is 2.06. The Bertz CT molecular complexity index is 566. The minimum absolute atomic E-state index is 0.0381. The summed E-state index contributed by atoms with van der Waals surface area (Å²) in [6.45, 7) is 3.50. The van der Waals surface area contributed by atoms with Crippen LogP contribution in [0.4, 0.5) is 8.78 Å². The van der Waals surface area contributed by atoms with Gasteiger partial charge in [0, 0.05) is 17.7 Å². The van der Waals surface area contributed by atoms with E-state index < -0.39 is 17.0 Å². The van der Waals surface area contributed by atoms with E-state index in [1.807, 2.05) is 13.8 Å². The minimum Gasteiger partial charge on any atom is -0.352 e. The third-order valence-electron chi connectivity index (χ3n) is 2.96. The smallest absolute Gasteiger partial charge is 0.239 e. The number of hydrogen-bond donors (Lipinski definition) is 1. The molecule has 1 atom stereocenters. The first-order valence-electron chi connectivity index (χ1n) is 6.54. The van der Waals surface area contributed by atoms with Gasteiger partial charge in [-0.15, -0.1) is 11.8 Å². The van der Waals surface area contributed by atoms with Gasteiger partial charge >= 0.3 is 0 Å². The third-order valence-corrected chi connectivity index (χ3v) is 4.20. The molecule has 0 radical (unpaired) electrons. The Morgan fingerprint density at radius 2 is 2.19 bits per heavy atom. The van der Waals surface area contributed by atoms with E-state index in [1.54, 1.807) is 0 Å². The summed E-state index contributed by atoms with van der Waals surface area (Å²) in [5.41, 5.74) is 0.213. The zero-order chi connectivity index (χ0) is 15.6. The average Bonchev–Trinajstić information content (AvgIpc) is 2.70. The van der Waals surface area contributed by atoms with Gasteiger partial charge in [-0.25, -0.2) is 8.78 Å². The fourth-order valence-electron chi connectivity index (χ4n) is 2.11. The van der Waals surface area contributed by atoms with Gasteiger partial charge in [-0.2, -0.15) is 0 Å². The summed E-state index contributed by atoms with van der Waals surface area (Å²) in [4.78, 5) is 25.0. The van der Waals surface area contributed by atoms with Gasteiger partial charge in [0.15, 0.2) is 0 Å². The molecule has 1 aromatic carbocycles. The first-order valence-corrected chi connectivity index (χ1v) is 7.58. The summed E-state index contributed by atoms with van der Waals surface area (Å²) in [7, 11) is 0. The maximum Gasteiger partial charge on any atom is 0.239 e. The molecule has 7 heteroatoms.